The molecule has 0 aliphatic carbocycles. The molecule has 2 rings (SSSR count). The van der Waals surface area contributed by atoms with Crippen molar-refractivity contribution in [3.05, 3.63) is 45.7 Å². The number of nitrogens with one attached hydrogen (secondary N) is 1. The second-order valence-electron chi connectivity index (χ2n) is 5.14. The first-order chi connectivity index (χ1) is 10.1. The summed E-state index contributed by atoms with van der Waals surface area (Å²) in [6, 6.07) is 5.28. The Kier molecular flexibility index (Phi) is 5.70. The summed E-state index contributed by atoms with van der Waals surface area (Å²) in [4.78, 5) is 7.40. The number of nitrogens with zero attached hydrogens (tertiary/aromatic N) is 2. The molecule has 1 N–H and O–H groups in total. The third-order valence-electron chi connectivity index (χ3n) is 3.42. The van der Waals surface area contributed by atoms with Crippen LogP contribution in [0.5, 0.6) is 0 Å². The molecular formula is C16H22FN3S. The first-order valence-electron chi connectivity index (χ1n) is 7.21. The van der Waals surface area contributed by atoms with Gasteiger partial charge in [0.1, 0.15) is 5.82 Å². The number of thiazole rings is 1. The molecule has 0 aliphatic rings. The Morgan fingerprint density at radius 3 is 2.86 bits per heavy atom. The van der Waals surface area contributed by atoms with Crippen LogP contribution in [-0.2, 0) is 13.1 Å². The molecule has 0 radical (unpaired) electrons. The lowest BCUT2D eigenvalue weighted by atomic mass is 10.1. The van der Waals surface area contributed by atoms with E-state index in [0.717, 1.165) is 24.2 Å². The van der Waals surface area contributed by atoms with Crippen LogP contribution in [0.2, 0.25) is 0 Å². The SMILES string of the molecule is CCCNCc1cccc(F)c1N(C)Cc1scnc1C. The largest absolute Gasteiger partial charge is 0.367 e. The zero-order valence-electron chi connectivity index (χ0n) is 12.8. The molecule has 2 aromatic rings. The summed E-state index contributed by atoms with van der Waals surface area (Å²) < 4.78 is 14.3. The lowest BCUT2D eigenvalue weighted by molar-refractivity contribution is 0.613. The summed E-state index contributed by atoms with van der Waals surface area (Å²) >= 11 is 1.61. The molecular weight excluding hydrogens is 285 g/mol. The highest BCUT2D eigenvalue weighted by atomic mass is 32.1. The molecule has 3 nitrogen and oxygen atoms in total. The number of halogens is 1. The maximum Gasteiger partial charge on any atom is 0.146 e. The number of para-hydroxylation sites is 1. The average molecular weight is 307 g/mol. The van der Waals surface area contributed by atoms with Crippen molar-refractivity contribution in [2.24, 2.45) is 0 Å². The van der Waals surface area contributed by atoms with Crippen LogP contribution in [0.4, 0.5) is 10.1 Å². The van der Waals surface area contributed by atoms with Gasteiger partial charge in [0.15, 0.2) is 0 Å². The molecule has 0 fully saturated rings. The molecule has 1 heterocycles. The second kappa shape index (κ2) is 7.52. The third-order valence-corrected chi connectivity index (χ3v) is 4.34. The highest BCUT2D eigenvalue weighted by Crippen LogP contribution is 2.26. The van der Waals surface area contributed by atoms with E-state index < -0.39 is 0 Å². The zero-order chi connectivity index (χ0) is 15.2. The Hall–Kier alpha value is -1.46. The Balaban J connectivity index is 2.18. The smallest absolute Gasteiger partial charge is 0.146 e. The number of aromatic nitrogens is 1. The molecule has 0 saturated heterocycles. The fraction of sp³-hybridized carbons (Fsp3) is 0.438. The Bertz CT molecular complexity index is 583. The van der Waals surface area contributed by atoms with Gasteiger partial charge in [-0.25, -0.2) is 9.37 Å². The van der Waals surface area contributed by atoms with Gasteiger partial charge in [0.25, 0.3) is 0 Å². The van der Waals surface area contributed by atoms with Crippen LogP contribution in [0, 0.1) is 12.7 Å². The van der Waals surface area contributed by atoms with Crippen LogP contribution in [-0.4, -0.2) is 18.6 Å². The molecule has 0 unspecified atom stereocenters. The minimum absolute atomic E-state index is 0.171. The number of aryl methyl sites for hydroxylation is 1. The van der Waals surface area contributed by atoms with E-state index in [4.69, 9.17) is 0 Å². The molecule has 1 aromatic carbocycles. The van der Waals surface area contributed by atoms with E-state index >= 15 is 0 Å². The fourth-order valence-electron chi connectivity index (χ4n) is 2.30. The quantitative estimate of drug-likeness (QED) is 0.790. The van der Waals surface area contributed by atoms with Crippen LogP contribution in [0.15, 0.2) is 23.7 Å². The van der Waals surface area contributed by atoms with Gasteiger partial charge in [-0.05, 0) is 31.5 Å². The predicted octanol–water partition coefficient (Wildman–Crippen LogP) is 3.73. The van der Waals surface area contributed by atoms with E-state index in [9.17, 15) is 4.39 Å². The molecule has 114 valence electrons. The van der Waals surface area contributed by atoms with Crippen molar-refractivity contribution < 1.29 is 4.39 Å². The average Bonchev–Trinajstić information content (AvgIpc) is 2.84. The maximum absolute atomic E-state index is 14.3. The molecule has 1 aromatic heterocycles. The van der Waals surface area contributed by atoms with Crippen LogP contribution < -0.4 is 10.2 Å². The molecule has 0 amide bonds. The summed E-state index contributed by atoms with van der Waals surface area (Å²) in [6.07, 6.45) is 1.07. The minimum Gasteiger partial charge on any atom is -0.367 e. The first-order valence-corrected chi connectivity index (χ1v) is 8.09. The number of hydrogen-bond acceptors (Lipinski definition) is 4. The lowest BCUT2D eigenvalue weighted by Gasteiger charge is -2.23. The van der Waals surface area contributed by atoms with Crippen molar-refractivity contribution in [2.75, 3.05) is 18.5 Å². The van der Waals surface area contributed by atoms with Gasteiger partial charge in [-0.1, -0.05) is 19.1 Å². The maximum atomic E-state index is 14.3. The topological polar surface area (TPSA) is 28.2 Å². The third kappa shape index (κ3) is 4.02. The fourth-order valence-corrected chi connectivity index (χ4v) is 3.13. The highest BCUT2D eigenvalue weighted by molar-refractivity contribution is 7.09. The van der Waals surface area contributed by atoms with Crippen molar-refractivity contribution >= 4 is 17.0 Å². The van der Waals surface area contributed by atoms with Crippen molar-refractivity contribution in [2.45, 2.75) is 33.4 Å². The van der Waals surface area contributed by atoms with E-state index in [1.807, 2.05) is 30.4 Å². The molecule has 0 spiro atoms. The second-order valence-corrected chi connectivity index (χ2v) is 6.08. The van der Waals surface area contributed by atoms with Crippen LogP contribution in [0.25, 0.3) is 0 Å². The minimum atomic E-state index is -0.171. The van der Waals surface area contributed by atoms with Gasteiger partial charge < -0.3 is 10.2 Å². The van der Waals surface area contributed by atoms with E-state index in [2.05, 4.69) is 17.2 Å². The standard InChI is InChI=1S/C16H22FN3S/c1-4-8-18-9-13-6-5-7-14(17)16(13)20(3)10-15-12(2)19-11-21-15/h5-7,11,18H,4,8-10H2,1-3H3. The molecule has 21 heavy (non-hydrogen) atoms. The van der Waals surface area contributed by atoms with Gasteiger partial charge in [0.05, 0.1) is 23.4 Å². The number of rotatable bonds is 7. The summed E-state index contributed by atoms with van der Waals surface area (Å²) in [5, 5.41) is 3.34. The van der Waals surface area contributed by atoms with Crippen molar-refractivity contribution in [1.82, 2.24) is 10.3 Å². The van der Waals surface area contributed by atoms with Crippen LogP contribution in [0.3, 0.4) is 0 Å². The van der Waals surface area contributed by atoms with Crippen molar-refractivity contribution in [1.29, 1.82) is 0 Å². The Labute approximate surface area is 129 Å². The van der Waals surface area contributed by atoms with Gasteiger partial charge in [0.2, 0.25) is 0 Å². The van der Waals surface area contributed by atoms with Crippen LogP contribution >= 0.6 is 11.3 Å². The molecule has 5 heteroatoms. The summed E-state index contributed by atoms with van der Waals surface area (Å²) in [6.45, 7) is 6.42. The van der Waals surface area contributed by atoms with E-state index in [1.165, 1.54) is 10.9 Å². The van der Waals surface area contributed by atoms with Crippen molar-refractivity contribution in [3.8, 4) is 0 Å². The molecule has 0 saturated carbocycles. The van der Waals surface area contributed by atoms with Gasteiger partial charge in [-0.3, -0.25) is 0 Å². The number of benzene rings is 1. The number of hydrogen-bond donors (Lipinski definition) is 1. The van der Waals surface area contributed by atoms with Crippen molar-refractivity contribution in [3.63, 3.8) is 0 Å². The number of anilines is 1. The Morgan fingerprint density at radius 2 is 2.19 bits per heavy atom. The molecule has 0 bridgehead atoms. The lowest BCUT2D eigenvalue weighted by Crippen LogP contribution is -2.22. The summed E-state index contributed by atoms with van der Waals surface area (Å²) in [7, 11) is 1.93. The van der Waals surface area contributed by atoms with Gasteiger partial charge >= 0.3 is 0 Å². The van der Waals surface area contributed by atoms with E-state index in [-0.39, 0.29) is 5.82 Å². The normalized spacial score (nSPS) is 10.9. The monoisotopic (exact) mass is 307 g/mol. The Morgan fingerprint density at radius 1 is 1.38 bits per heavy atom. The zero-order valence-corrected chi connectivity index (χ0v) is 13.6. The highest BCUT2D eigenvalue weighted by Gasteiger charge is 2.14. The van der Waals surface area contributed by atoms with Crippen LogP contribution in [0.1, 0.15) is 29.5 Å². The van der Waals surface area contributed by atoms with E-state index in [0.29, 0.717) is 18.8 Å². The molecule has 0 atom stereocenters. The van der Waals surface area contributed by atoms with Gasteiger partial charge in [-0.2, -0.15) is 0 Å². The molecule has 0 aliphatic heterocycles. The van der Waals surface area contributed by atoms with Gasteiger partial charge in [-0.15, -0.1) is 11.3 Å². The predicted molar refractivity (Wildman–Crippen MR) is 87.4 cm³/mol. The first kappa shape index (κ1) is 15.9. The summed E-state index contributed by atoms with van der Waals surface area (Å²) in [5.74, 6) is -0.171. The van der Waals surface area contributed by atoms with Gasteiger partial charge in [0, 0.05) is 18.5 Å². The summed E-state index contributed by atoms with van der Waals surface area (Å²) in [5.41, 5.74) is 4.53. The van der Waals surface area contributed by atoms with E-state index in [1.54, 1.807) is 17.4 Å².